The molecule has 1 amide bonds. The van der Waals surface area contributed by atoms with E-state index in [0.717, 1.165) is 43.2 Å². The van der Waals surface area contributed by atoms with Crippen LogP contribution in [0.1, 0.15) is 119 Å². The van der Waals surface area contributed by atoms with E-state index in [1.54, 1.807) is 7.05 Å². The predicted molar refractivity (Wildman–Crippen MR) is 161 cm³/mol. The number of rotatable bonds is 11. The molecule has 0 spiro atoms. The Bertz CT molecular complexity index is 1190. The molecule has 39 heavy (non-hydrogen) atoms. The van der Waals surface area contributed by atoms with Crippen molar-refractivity contribution in [2.45, 2.75) is 118 Å². The summed E-state index contributed by atoms with van der Waals surface area (Å²) < 4.78 is 0. The van der Waals surface area contributed by atoms with Gasteiger partial charge in [0.25, 0.3) is 5.91 Å². The van der Waals surface area contributed by atoms with Gasteiger partial charge in [0, 0.05) is 18.0 Å². The lowest BCUT2D eigenvalue weighted by Gasteiger charge is -2.40. The van der Waals surface area contributed by atoms with Crippen LogP contribution in [0.25, 0.3) is 0 Å². The lowest BCUT2D eigenvalue weighted by molar-refractivity contribution is -0.147. The Morgan fingerprint density at radius 2 is 1.33 bits per heavy atom. The van der Waals surface area contributed by atoms with Gasteiger partial charge in [0.05, 0.1) is 5.60 Å². The fourth-order valence-electron chi connectivity index (χ4n) is 5.71. The molecule has 0 aliphatic heterocycles. The quantitative estimate of drug-likeness (QED) is 0.312. The van der Waals surface area contributed by atoms with Crippen LogP contribution in [0.5, 0.6) is 0 Å². The summed E-state index contributed by atoms with van der Waals surface area (Å²) in [6, 6.07) is 12.7. The average molecular weight is 538 g/mol. The SMILES string of the molecule is CCC(CC)(c1ccc(CCC(O)(CC)C(C)(C)C)c(C)c1)c1ccc(C(=O)N(C)C(C)(C)C(=O)O)c(C)c1. The fourth-order valence-corrected chi connectivity index (χ4v) is 5.71. The number of carbonyl (C=O) groups is 2. The van der Waals surface area contributed by atoms with Gasteiger partial charge in [-0.05, 0) is 99.1 Å². The molecule has 1 unspecified atom stereocenters. The van der Waals surface area contributed by atoms with Gasteiger partial charge in [0.15, 0.2) is 0 Å². The van der Waals surface area contributed by atoms with Crippen molar-refractivity contribution in [3.05, 3.63) is 69.8 Å². The number of aliphatic carboxylic acids is 1. The number of aryl methyl sites for hydroxylation is 3. The molecule has 0 aromatic heterocycles. The molecule has 0 saturated heterocycles. The summed E-state index contributed by atoms with van der Waals surface area (Å²) in [5.41, 5.74) is 3.84. The van der Waals surface area contributed by atoms with Crippen molar-refractivity contribution in [2.75, 3.05) is 7.05 Å². The number of hydrogen-bond acceptors (Lipinski definition) is 3. The Kier molecular flexibility index (Phi) is 9.88. The summed E-state index contributed by atoms with van der Waals surface area (Å²) in [4.78, 5) is 26.2. The highest BCUT2D eigenvalue weighted by molar-refractivity contribution is 5.98. The molecule has 216 valence electrons. The lowest BCUT2D eigenvalue weighted by Crippen LogP contribution is -2.50. The second kappa shape index (κ2) is 11.8. The zero-order valence-corrected chi connectivity index (χ0v) is 26.2. The van der Waals surface area contributed by atoms with E-state index in [1.165, 1.54) is 35.4 Å². The zero-order chi connectivity index (χ0) is 30.0. The molecule has 2 aromatic rings. The summed E-state index contributed by atoms with van der Waals surface area (Å²) in [5, 5.41) is 20.8. The van der Waals surface area contributed by atoms with Gasteiger partial charge in [-0.15, -0.1) is 0 Å². The Morgan fingerprint density at radius 3 is 1.74 bits per heavy atom. The maximum atomic E-state index is 13.2. The Labute approximate surface area is 236 Å². The Hall–Kier alpha value is -2.66. The largest absolute Gasteiger partial charge is 0.480 e. The molecule has 0 radical (unpaired) electrons. The van der Waals surface area contributed by atoms with E-state index in [9.17, 15) is 19.8 Å². The smallest absolute Gasteiger partial charge is 0.329 e. The highest BCUT2D eigenvalue weighted by Crippen LogP contribution is 2.41. The van der Waals surface area contributed by atoms with Crippen molar-refractivity contribution in [1.82, 2.24) is 4.90 Å². The molecule has 2 N–H and O–H groups in total. The van der Waals surface area contributed by atoms with Gasteiger partial charge in [-0.2, -0.15) is 0 Å². The molecule has 0 aliphatic rings. The van der Waals surface area contributed by atoms with Gasteiger partial charge < -0.3 is 15.1 Å². The number of nitrogens with zero attached hydrogens (tertiary/aromatic N) is 1. The van der Waals surface area contributed by atoms with Crippen molar-refractivity contribution in [3.8, 4) is 0 Å². The Morgan fingerprint density at radius 1 is 0.821 bits per heavy atom. The molecule has 0 heterocycles. The third-order valence-corrected chi connectivity index (χ3v) is 9.57. The highest BCUT2D eigenvalue weighted by Gasteiger charge is 2.39. The van der Waals surface area contributed by atoms with E-state index >= 15 is 0 Å². The van der Waals surface area contributed by atoms with Crippen LogP contribution in [0, 0.1) is 19.3 Å². The first-order chi connectivity index (χ1) is 17.9. The van der Waals surface area contributed by atoms with Crippen molar-refractivity contribution in [2.24, 2.45) is 5.41 Å². The molecule has 0 fully saturated rings. The van der Waals surface area contributed by atoms with Crippen LogP contribution in [0.2, 0.25) is 0 Å². The normalized spacial score (nSPS) is 14.2. The first kappa shape index (κ1) is 32.6. The minimum absolute atomic E-state index is 0.182. The topological polar surface area (TPSA) is 77.8 Å². The maximum absolute atomic E-state index is 13.2. The lowest BCUT2D eigenvalue weighted by atomic mass is 9.69. The van der Waals surface area contributed by atoms with Gasteiger partial charge in [0.1, 0.15) is 5.54 Å². The molecule has 5 heteroatoms. The van der Waals surface area contributed by atoms with Gasteiger partial charge in [-0.3, -0.25) is 4.79 Å². The van der Waals surface area contributed by atoms with Crippen molar-refractivity contribution in [1.29, 1.82) is 0 Å². The van der Waals surface area contributed by atoms with Crippen LogP contribution in [0.15, 0.2) is 36.4 Å². The summed E-state index contributed by atoms with van der Waals surface area (Å²) >= 11 is 0. The van der Waals surface area contributed by atoms with Crippen LogP contribution in [0.4, 0.5) is 0 Å². The average Bonchev–Trinajstić information content (AvgIpc) is 2.87. The molecule has 1 atom stereocenters. The number of carboxylic acid groups (broad SMARTS) is 1. The highest BCUT2D eigenvalue weighted by atomic mass is 16.4. The first-order valence-corrected chi connectivity index (χ1v) is 14.4. The Balaban J connectivity index is 2.45. The fraction of sp³-hybridized carbons (Fsp3) is 0.588. The summed E-state index contributed by atoms with van der Waals surface area (Å²) in [7, 11) is 1.54. The van der Waals surface area contributed by atoms with Crippen LogP contribution < -0.4 is 0 Å². The number of aliphatic hydroxyl groups is 1. The predicted octanol–water partition coefficient (Wildman–Crippen LogP) is 7.46. The summed E-state index contributed by atoms with van der Waals surface area (Å²) in [6.45, 7) is 19.9. The molecular formula is C34H51NO4. The first-order valence-electron chi connectivity index (χ1n) is 14.4. The minimum Gasteiger partial charge on any atom is -0.480 e. The number of carbonyl (C=O) groups excluding carboxylic acids is 1. The standard InChI is InChI=1S/C34H51NO4/c1-12-33(13-2,26-16-15-25(23(4)21-26)19-20-34(39,14-3)31(6,7)8)27-17-18-28(24(5)22-27)29(36)35(11)32(9,10)30(37)38/h15-18,21-22,39H,12-14,19-20H2,1-11H3,(H,37,38). The maximum Gasteiger partial charge on any atom is 0.329 e. The molecule has 2 rings (SSSR count). The summed E-state index contributed by atoms with van der Waals surface area (Å²) in [6.07, 6.45) is 4.09. The van der Waals surface area contributed by atoms with E-state index in [0.29, 0.717) is 5.56 Å². The van der Waals surface area contributed by atoms with Crippen LogP contribution in [0.3, 0.4) is 0 Å². The third-order valence-electron chi connectivity index (χ3n) is 9.57. The van der Waals surface area contributed by atoms with E-state index in [4.69, 9.17) is 0 Å². The third kappa shape index (κ3) is 6.24. The number of benzene rings is 2. The van der Waals surface area contributed by atoms with E-state index in [-0.39, 0.29) is 16.7 Å². The van der Waals surface area contributed by atoms with Crippen molar-refractivity contribution < 1.29 is 19.8 Å². The second-order valence-electron chi connectivity index (χ2n) is 12.8. The second-order valence-corrected chi connectivity index (χ2v) is 12.8. The van der Waals surface area contributed by atoms with Crippen LogP contribution in [-0.2, 0) is 16.6 Å². The number of carboxylic acids is 1. The molecule has 2 aromatic carbocycles. The van der Waals surface area contributed by atoms with E-state index < -0.39 is 17.1 Å². The number of hydrogen-bond donors (Lipinski definition) is 2. The number of likely N-dealkylation sites (N-methyl/N-ethyl adjacent to an activating group) is 1. The van der Waals surface area contributed by atoms with Crippen LogP contribution >= 0.6 is 0 Å². The minimum atomic E-state index is -1.31. The molecular weight excluding hydrogens is 486 g/mol. The van der Waals surface area contributed by atoms with Gasteiger partial charge in [0.2, 0.25) is 0 Å². The van der Waals surface area contributed by atoms with Gasteiger partial charge >= 0.3 is 5.97 Å². The monoisotopic (exact) mass is 537 g/mol. The molecule has 0 aliphatic carbocycles. The summed E-state index contributed by atoms with van der Waals surface area (Å²) in [5.74, 6) is -1.34. The van der Waals surface area contributed by atoms with E-state index in [2.05, 4.69) is 72.7 Å². The van der Waals surface area contributed by atoms with Gasteiger partial charge in [-0.25, -0.2) is 4.79 Å². The molecule has 5 nitrogen and oxygen atoms in total. The molecule has 0 bridgehead atoms. The molecule has 0 saturated carbocycles. The van der Waals surface area contributed by atoms with Crippen LogP contribution in [-0.4, -0.2) is 45.2 Å². The zero-order valence-electron chi connectivity index (χ0n) is 26.2. The van der Waals surface area contributed by atoms with E-state index in [1.807, 2.05) is 19.1 Å². The van der Waals surface area contributed by atoms with Crippen molar-refractivity contribution >= 4 is 11.9 Å². The number of amides is 1. The van der Waals surface area contributed by atoms with Gasteiger partial charge in [-0.1, -0.05) is 71.9 Å². The van der Waals surface area contributed by atoms with Crippen molar-refractivity contribution in [3.63, 3.8) is 0 Å².